The van der Waals surface area contributed by atoms with E-state index >= 15 is 0 Å². The highest BCUT2D eigenvalue weighted by Crippen LogP contribution is 2.45. The average molecular weight is 321 g/mol. The molecule has 3 aliphatic rings. The summed E-state index contributed by atoms with van der Waals surface area (Å²) in [5.74, 6) is 1.07. The first-order valence-corrected chi connectivity index (χ1v) is 7.58. The minimum absolute atomic E-state index is 0.246. The second kappa shape index (κ2) is 5.12. The van der Waals surface area contributed by atoms with Gasteiger partial charge < -0.3 is 4.74 Å². The number of rotatable bonds is 2. The maximum Gasteiger partial charge on any atom is 0.338 e. The van der Waals surface area contributed by atoms with Crippen LogP contribution in [0.3, 0.4) is 0 Å². The van der Waals surface area contributed by atoms with E-state index in [1.807, 2.05) is 12.1 Å². The van der Waals surface area contributed by atoms with Gasteiger partial charge in [0.25, 0.3) is 0 Å². The molecule has 4 rings (SSSR count). The molecule has 0 heterocycles. The van der Waals surface area contributed by atoms with E-state index in [0.29, 0.717) is 17.4 Å². The number of ether oxygens (including phenoxy) is 1. The van der Waals surface area contributed by atoms with Crippen LogP contribution in [0.25, 0.3) is 5.57 Å². The van der Waals surface area contributed by atoms with Crippen LogP contribution in [-0.2, 0) is 4.74 Å². The largest absolute Gasteiger partial charge is 0.465 e. The Morgan fingerprint density at radius 1 is 1.26 bits per heavy atom. The molecule has 0 amide bonds. The molecule has 1 fully saturated rings. The molecular weight excluding hydrogens is 304 g/mol. The molecule has 0 saturated heterocycles. The summed E-state index contributed by atoms with van der Waals surface area (Å²) in [6.07, 6.45) is 7.49. The van der Waals surface area contributed by atoms with Crippen molar-refractivity contribution in [3.8, 4) is 0 Å². The molecular formula is C16H17BrO2. The molecule has 0 N–H and O–H groups in total. The Kier molecular flexibility index (Phi) is 3.48. The number of hydrogen-bond acceptors (Lipinski definition) is 2. The van der Waals surface area contributed by atoms with E-state index < -0.39 is 0 Å². The lowest BCUT2D eigenvalue weighted by molar-refractivity contribution is 0.0600. The highest BCUT2D eigenvalue weighted by Gasteiger charge is 2.31. The molecule has 100 valence electrons. The van der Waals surface area contributed by atoms with Crippen molar-refractivity contribution in [1.29, 1.82) is 0 Å². The highest BCUT2D eigenvalue weighted by molar-refractivity contribution is 9.10. The van der Waals surface area contributed by atoms with E-state index in [4.69, 9.17) is 4.74 Å². The number of carbonyl (C=O) groups excluding carboxylic acids is 1. The number of methoxy groups -OCH3 is 1. The Morgan fingerprint density at radius 3 is 2.58 bits per heavy atom. The van der Waals surface area contributed by atoms with Gasteiger partial charge in [0, 0.05) is 4.47 Å². The van der Waals surface area contributed by atoms with Crippen molar-refractivity contribution in [2.45, 2.75) is 25.7 Å². The quantitative estimate of drug-likeness (QED) is 0.753. The van der Waals surface area contributed by atoms with Gasteiger partial charge >= 0.3 is 5.97 Å². The molecule has 0 atom stereocenters. The van der Waals surface area contributed by atoms with E-state index in [-0.39, 0.29) is 5.97 Å². The van der Waals surface area contributed by atoms with Crippen molar-refractivity contribution in [3.05, 3.63) is 39.9 Å². The topological polar surface area (TPSA) is 26.3 Å². The summed E-state index contributed by atoms with van der Waals surface area (Å²) >= 11 is 3.51. The predicted octanol–water partition coefficient (Wildman–Crippen LogP) is 4.44. The van der Waals surface area contributed by atoms with E-state index in [9.17, 15) is 4.79 Å². The van der Waals surface area contributed by atoms with Gasteiger partial charge in [0.05, 0.1) is 12.7 Å². The maximum atomic E-state index is 11.9. The van der Waals surface area contributed by atoms with Crippen LogP contribution in [0, 0.1) is 11.8 Å². The zero-order valence-electron chi connectivity index (χ0n) is 11.0. The first-order chi connectivity index (χ1) is 9.19. The molecule has 1 aromatic rings. The van der Waals surface area contributed by atoms with E-state index in [1.165, 1.54) is 38.4 Å². The molecule has 3 heteroatoms. The second-order valence-electron chi connectivity index (χ2n) is 5.42. The molecule has 0 spiro atoms. The third-order valence-electron chi connectivity index (χ3n) is 4.32. The third kappa shape index (κ3) is 2.36. The number of benzene rings is 1. The van der Waals surface area contributed by atoms with Crippen LogP contribution in [-0.4, -0.2) is 13.1 Å². The molecule has 0 aliphatic heterocycles. The van der Waals surface area contributed by atoms with Gasteiger partial charge in [0.2, 0.25) is 0 Å². The lowest BCUT2D eigenvalue weighted by Crippen LogP contribution is -2.22. The Morgan fingerprint density at radius 2 is 2.00 bits per heavy atom. The molecule has 2 bridgehead atoms. The van der Waals surface area contributed by atoms with Gasteiger partial charge in [0.15, 0.2) is 0 Å². The monoisotopic (exact) mass is 320 g/mol. The van der Waals surface area contributed by atoms with E-state index in [1.54, 1.807) is 0 Å². The van der Waals surface area contributed by atoms with Crippen LogP contribution in [0.15, 0.2) is 28.7 Å². The van der Waals surface area contributed by atoms with Crippen LogP contribution < -0.4 is 0 Å². The normalized spacial score (nSPS) is 25.1. The number of allylic oxidation sites excluding steroid dienone is 2. The van der Waals surface area contributed by atoms with E-state index in [2.05, 4.69) is 28.1 Å². The summed E-state index contributed by atoms with van der Waals surface area (Å²) in [7, 11) is 1.44. The van der Waals surface area contributed by atoms with Crippen LogP contribution in [0.1, 0.15) is 41.6 Å². The summed E-state index contributed by atoms with van der Waals surface area (Å²) in [6, 6.07) is 5.81. The number of hydrogen-bond donors (Lipinski definition) is 0. The van der Waals surface area contributed by atoms with Crippen molar-refractivity contribution in [1.82, 2.24) is 0 Å². The molecule has 19 heavy (non-hydrogen) atoms. The molecule has 1 aromatic carbocycles. The number of fused-ring (bicyclic) bond motifs is 2. The Bertz CT molecular complexity index is 540. The fourth-order valence-electron chi connectivity index (χ4n) is 3.34. The van der Waals surface area contributed by atoms with Gasteiger partial charge in [-0.2, -0.15) is 0 Å². The molecule has 3 aliphatic carbocycles. The zero-order valence-corrected chi connectivity index (χ0v) is 12.6. The van der Waals surface area contributed by atoms with Crippen molar-refractivity contribution < 1.29 is 9.53 Å². The Hall–Kier alpha value is -1.09. The highest BCUT2D eigenvalue weighted by atomic mass is 79.9. The molecule has 0 radical (unpaired) electrons. The van der Waals surface area contributed by atoms with Gasteiger partial charge in [-0.25, -0.2) is 4.79 Å². The summed E-state index contributed by atoms with van der Waals surface area (Å²) in [5.41, 5.74) is 3.09. The van der Waals surface area contributed by atoms with Crippen LogP contribution in [0.5, 0.6) is 0 Å². The Labute approximate surface area is 122 Å². The molecule has 0 aromatic heterocycles. The smallest absolute Gasteiger partial charge is 0.338 e. The van der Waals surface area contributed by atoms with E-state index in [0.717, 1.165) is 10.0 Å². The second-order valence-corrected chi connectivity index (χ2v) is 6.33. The minimum Gasteiger partial charge on any atom is -0.465 e. The number of halogens is 1. The lowest BCUT2D eigenvalue weighted by Gasteiger charge is -2.36. The standard InChI is InChI=1S/C16H17BrO2/c1-19-16(18)13-7-6-12(17)9-15(13)14-8-10-2-4-11(14)5-3-10/h6-11H,2-5H2,1H3. The fraction of sp³-hybridized carbons (Fsp3) is 0.438. The van der Waals surface area contributed by atoms with Gasteiger partial charge in [-0.15, -0.1) is 0 Å². The average Bonchev–Trinajstić information content (AvgIpc) is 2.47. The van der Waals surface area contributed by atoms with Crippen LogP contribution >= 0.6 is 15.9 Å². The molecule has 0 unspecified atom stereocenters. The summed E-state index contributed by atoms with van der Waals surface area (Å²) < 4.78 is 5.92. The van der Waals surface area contributed by atoms with Crippen molar-refractivity contribution >= 4 is 27.5 Å². The van der Waals surface area contributed by atoms with Gasteiger partial charge in [0.1, 0.15) is 0 Å². The SMILES string of the molecule is COC(=O)c1ccc(Br)cc1C1=CC2CCC1CC2. The third-order valence-corrected chi connectivity index (χ3v) is 4.82. The Balaban J connectivity index is 2.09. The number of carbonyl (C=O) groups is 1. The summed E-state index contributed by atoms with van der Waals surface area (Å²) in [6.45, 7) is 0. The van der Waals surface area contributed by atoms with Crippen molar-refractivity contribution in [2.75, 3.05) is 7.11 Å². The predicted molar refractivity (Wildman–Crippen MR) is 78.9 cm³/mol. The van der Waals surface area contributed by atoms with Crippen LogP contribution in [0.2, 0.25) is 0 Å². The zero-order chi connectivity index (χ0) is 13.4. The van der Waals surface area contributed by atoms with Gasteiger partial charge in [-0.3, -0.25) is 0 Å². The lowest BCUT2D eigenvalue weighted by atomic mass is 9.69. The maximum absolute atomic E-state index is 11.9. The molecule has 2 nitrogen and oxygen atoms in total. The van der Waals surface area contributed by atoms with Crippen LogP contribution in [0.4, 0.5) is 0 Å². The first-order valence-electron chi connectivity index (χ1n) is 6.79. The van der Waals surface area contributed by atoms with Gasteiger partial charge in [-0.05, 0) is 66.9 Å². The minimum atomic E-state index is -0.246. The summed E-state index contributed by atoms with van der Waals surface area (Å²) in [5, 5.41) is 0. The first kappa shape index (κ1) is 12.9. The summed E-state index contributed by atoms with van der Waals surface area (Å²) in [4.78, 5) is 11.9. The molecule has 1 saturated carbocycles. The number of esters is 1. The fourth-order valence-corrected chi connectivity index (χ4v) is 3.70. The van der Waals surface area contributed by atoms with Crippen molar-refractivity contribution in [3.63, 3.8) is 0 Å². The van der Waals surface area contributed by atoms with Crippen molar-refractivity contribution in [2.24, 2.45) is 11.8 Å². The van der Waals surface area contributed by atoms with Gasteiger partial charge in [-0.1, -0.05) is 22.0 Å².